The SMILES string of the molecule is CN(C)c1ccc([C@H](CNC(=O)c2c(F)cccc2F)N2CCc3ccccc3C2)cc1. The summed E-state index contributed by atoms with van der Waals surface area (Å²) in [5.41, 5.74) is 4.18. The second-order valence-corrected chi connectivity index (χ2v) is 8.30. The van der Waals surface area contributed by atoms with Crippen LogP contribution >= 0.6 is 0 Å². The van der Waals surface area contributed by atoms with Crippen LogP contribution in [-0.2, 0) is 13.0 Å². The van der Waals surface area contributed by atoms with Crippen LogP contribution in [0.15, 0.2) is 66.7 Å². The van der Waals surface area contributed by atoms with Gasteiger partial charge < -0.3 is 10.2 Å². The molecule has 166 valence electrons. The highest BCUT2D eigenvalue weighted by Crippen LogP contribution is 2.29. The molecule has 1 aliphatic heterocycles. The van der Waals surface area contributed by atoms with Gasteiger partial charge in [0, 0.05) is 39.4 Å². The minimum Gasteiger partial charge on any atom is -0.378 e. The molecule has 4 nitrogen and oxygen atoms in total. The van der Waals surface area contributed by atoms with Gasteiger partial charge in [0.05, 0.1) is 6.04 Å². The molecule has 0 aliphatic carbocycles. The number of hydrogen-bond acceptors (Lipinski definition) is 3. The summed E-state index contributed by atoms with van der Waals surface area (Å²) < 4.78 is 28.1. The van der Waals surface area contributed by atoms with Gasteiger partial charge in [-0.25, -0.2) is 8.78 Å². The molecule has 0 fully saturated rings. The molecular weight excluding hydrogens is 408 g/mol. The monoisotopic (exact) mass is 435 g/mol. The fourth-order valence-corrected chi connectivity index (χ4v) is 4.23. The first-order valence-corrected chi connectivity index (χ1v) is 10.7. The molecule has 1 atom stereocenters. The Morgan fingerprint density at radius 3 is 2.28 bits per heavy atom. The molecule has 0 bridgehead atoms. The summed E-state index contributed by atoms with van der Waals surface area (Å²) in [6.45, 7) is 1.83. The van der Waals surface area contributed by atoms with Crippen molar-refractivity contribution in [2.45, 2.75) is 19.0 Å². The maximum absolute atomic E-state index is 14.1. The molecule has 0 aromatic heterocycles. The van der Waals surface area contributed by atoms with Crippen molar-refractivity contribution in [2.75, 3.05) is 32.1 Å². The quantitative estimate of drug-likeness (QED) is 0.617. The number of benzene rings is 3. The van der Waals surface area contributed by atoms with Crippen LogP contribution in [-0.4, -0.2) is 38.0 Å². The number of hydrogen-bond donors (Lipinski definition) is 1. The van der Waals surface area contributed by atoms with Crippen LogP contribution in [0.25, 0.3) is 0 Å². The lowest BCUT2D eigenvalue weighted by Crippen LogP contribution is -2.41. The van der Waals surface area contributed by atoms with Crippen molar-refractivity contribution in [2.24, 2.45) is 0 Å². The van der Waals surface area contributed by atoms with Gasteiger partial charge in [-0.2, -0.15) is 0 Å². The van der Waals surface area contributed by atoms with Gasteiger partial charge in [0.15, 0.2) is 0 Å². The summed E-state index contributed by atoms with van der Waals surface area (Å²) in [4.78, 5) is 17.0. The van der Waals surface area contributed by atoms with Crippen molar-refractivity contribution in [3.63, 3.8) is 0 Å². The molecule has 32 heavy (non-hydrogen) atoms. The maximum Gasteiger partial charge on any atom is 0.257 e. The van der Waals surface area contributed by atoms with Crippen LogP contribution in [0.4, 0.5) is 14.5 Å². The molecule has 1 amide bonds. The van der Waals surface area contributed by atoms with Gasteiger partial charge in [-0.05, 0) is 47.4 Å². The van der Waals surface area contributed by atoms with E-state index in [0.29, 0.717) is 0 Å². The minimum atomic E-state index is -0.860. The van der Waals surface area contributed by atoms with Crippen LogP contribution in [0.3, 0.4) is 0 Å². The van der Waals surface area contributed by atoms with E-state index in [1.54, 1.807) is 0 Å². The Hall–Kier alpha value is -3.25. The van der Waals surface area contributed by atoms with Gasteiger partial charge in [0.1, 0.15) is 17.2 Å². The lowest BCUT2D eigenvalue weighted by molar-refractivity contribution is 0.0919. The zero-order chi connectivity index (χ0) is 22.7. The Kier molecular flexibility index (Phi) is 6.51. The number of anilines is 1. The average molecular weight is 436 g/mol. The largest absolute Gasteiger partial charge is 0.378 e. The third kappa shape index (κ3) is 4.65. The van der Waals surface area contributed by atoms with E-state index in [-0.39, 0.29) is 12.6 Å². The summed E-state index contributed by atoms with van der Waals surface area (Å²) in [6, 6.07) is 19.9. The van der Waals surface area contributed by atoms with Gasteiger partial charge >= 0.3 is 0 Å². The highest BCUT2D eigenvalue weighted by Gasteiger charge is 2.26. The van der Waals surface area contributed by atoms with E-state index in [4.69, 9.17) is 0 Å². The molecule has 1 N–H and O–H groups in total. The molecular formula is C26H27F2N3O. The van der Waals surface area contributed by atoms with Crippen molar-refractivity contribution >= 4 is 11.6 Å². The molecule has 3 aromatic rings. The average Bonchev–Trinajstić information content (AvgIpc) is 2.79. The van der Waals surface area contributed by atoms with Gasteiger partial charge in [-0.1, -0.05) is 42.5 Å². The number of amides is 1. The Bertz CT molecular complexity index is 1080. The van der Waals surface area contributed by atoms with Crippen LogP contribution in [0.5, 0.6) is 0 Å². The van der Waals surface area contributed by atoms with E-state index in [9.17, 15) is 13.6 Å². The highest BCUT2D eigenvalue weighted by atomic mass is 19.1. The predicted molar refractivity (Wildman–Crippen MR) is 123 cm³/mol. The van der Waals surface area contributed by atoms with Crippen LogP contribution in [0.1, 0.15) is 33.1 Å². The molecule has 0 spiro atoms. The normalized spacial score (nSPS) is 14.5. The number of halogens is 2. The van der Waals surface area contributed by atoms with Gasteiger partial charge in [-0.3, -0.25) is 9.69 Å². The second kappa shape index (κ2) is 9.49. The summed E-state index contributed by atoms with van der Waals surface area (Å²) in [5, 5.41) is 2.77. The molecule has 0 saturated carbocycles. The minimum absolute atomic E-state index is 0.127. The smallest absolute Gasteiger partial charge is 0.257 e. The lowest BCUT2D eigenvalue weighted by Gasteiger charge is -2.36. The van der Waals surface area contributed by atoms with E-state index in [1.807, 2.05) is 37.2 Å². The Morgan fingerprint density at radius 2 is 1.62 bits per heavy atom. The number of fused-ring (bicyclic) bond motifs is 1. The van der Waals surface area contributed by atoms with Crippen molar-refractivity contribution in [3.8, 4) is 0 Å². The lowest BCUT2D eigenvalue weighted by atomic mass is 9.96. The van der Waals surface area contributed by atoms with Crippen molar-refractivity contribution in [1.82, 2.24) is 10.2 Å². The summed E-state index contributed by atoms with van der Waals surface area (Å²) >= 11 is 0. The van der Waals surface area contributed by atoms with E-state index < -0.39 is 23.1 Å². The summed E-state index contributed by atoms with van der Waals surface area (Å²) in [5.74, 6) is -2.46. The first kappa shape index (κ1) is 22.0. The van der Waals surface area contributed by atoms with E-state index >= 15 is 0 Å². The highest BCUT2D eigenvalue weighted by molar-refractivity contribution is 5.94. The van der Waals surface area contributed by atoms with E-state index in [1.165, 1.54) is 17.2 Å². The molecule has 3 aromatic carbocycles. The second-order valence-electron chi connectivity index (χ2n) is 8.30. The fourth-order valence-electron chi connectivity index (χ4n) is 4.23. The number of nitrogens with one attached hydrogen (secondary N) is 1. The number of nitrogens with zero attached hydrogens (tertiary/aromatic N) is 2. The first-order chi connectivity index (χ1) is 15.4. The maximum atomic E-state index is 14.1. The standard InChI is InChI=1S/C26H27F2N3O/c1-30(2)21-12-10-19(11-13-21)24(31-15-14-18-6-3-4-7-20(18)17-31)16-29-26(32)25-22(27)8-5-9-23(25)28/h3-13,24H,14-17H2,1-2H3,(H,29,32)/t24-/m0/s1. The molecule has 0 unspecified atom stereocenters. The third-order valence-corrected chi connectivity index (χ3v) is 6.04. The Balaban J connectivity index is 1.58. The fraction of sp³-hybridized carbons (Fsp3) is 0.269. The zero-order valence-electron chi connectivity index (χ0n) is 18.3. The molecule has 1 heterocycles. The molecule has 6 heteroatoms. The zero-order valence-corrected chi connectivity index (χ0v) is 18.3. The van der Waals surface area contributed by atoms with Crippen LogP contribution in [0.2, 0.25) is 0 Å². The van der Waals surface area contributed by atoms with Crippen molar-refractivity contribution in [1.29, 1.82) is 0 Å². The molecule has 1 aliphatic rings. The summed E-state index contributed by atoms with van der Waals surface area (Å²) in [7, 11) is 3.97. The number of carbonyl (C=O) groups excluding carboxylic acids is 1. The van der Waals surface area contributed by atoms with E-state index in [0.717, 1.165) is 42.9 Å². The topological polar surface area (TPSA) is 35.6 Å². The first-order valence-electron chi connectivity index (χ1n) is 10.7. The Labute approximate surface area is 187 Å². The van der Waals surface area contributed by atoms with Crippen molar-refractivity contribution in [3.05, 3.63) is 101 Å². The van der Waals surface area contributed by atoms with E-state index in [2.05, 4.69) is 40.5 Å². The molecule has 0 radical (unpaired) electrons. The van der Waals surface area contributed by atoms with Crippen molar-refractivity contribution < 1.29 is 13.6 Å². The molecule has 4 rings (SSSR count). The van der Waals surface area contributed by atoms with Crippen LogP contribution in [0, 0.1) is 11.6 Å². The van der Waals surface area contributed by atoms with Gasteiger partial charge in [0.2, 0.25) is 0 Å². The Morgan fingerprint density at radius 1 is 0.969 bits per heavy atom. The van der Waals surface area contributed by atoms with Gasteiger partial charge in [0.25, 0.3) is 5.91 Å². The summed E-state index contributed by atoms with van der Waals surface area (Å²) in [6.07, 6.45) is 0.915. The molecule has 0 saturated heterocycles. The number of carbonyl (C=O) groups is 1. The third-order valence-electron chi connectivity index (χ3n) is 6.04. The van der Waals surface area contributed by atoms with Crippen LogP contribution < -0.4 is 10.2 Å². The predicted octanol–water partition coefficient (Wildman–Crippen LogP) is 4.56. The number of rotatable bonds is 6. The van der Waals surface area contributed by atoms with Gasteiger partial charge in [-0.15, -0.1) is 0 Å².